The highest BCUT2D eigenvalue weighted by Crippen LogP contribution is 2.23. The van der Waals surface area contributed by atoms with Gasteiger partial charge in [0.05, 0.1) is 6.04 Å². The van der Waals surface area contributed by atoms with E-state index < -0.39 is 0 Å². The molecule has 1 aromatic heterocycles. The van der Waals surface area contributed by atoms with Crippen molar-refractivity contribution in [2.24, 2.45) is 7.05 Å². The molecule has 0 bridgehead atoms. The van der Waals surface area contributed by atoms with Gasteiger partial charge in [0.2, 0.25) is 0 Å². The van der Waals surface area contributed by atoms with Gasteiger partial charge in [0, 0.05) is 24.5 Å². The zero-order valence-corrected chi connectivity index (χ0v) is 13.4. The molecule has 0 fully saturated rings. The number of aryl methyl sites for hydroxylation is 2. The van der Waals surface area contributed by atoms with Crippen molar-refractivity contribution in [3.8, 4) is 0 Å². The van der Waals surface area contributed by atoms with Gasteiger partial charge in [-0.05, 0) is 36.8 Å². The summed E-state index contributed by atoms with van der Waals surface area (Å²) < 4.78 is 2.04. The second kappa shape index (κ2) is 6.53. The van der Waals surface area contributed by atoms with Gasteiger partial charge in [0.1, 0.15) is 0 Å². The molecule has 1 heterocycles. The molecular weight excluding hydrogens is 284 g/mol. The maximum atomic E-state index is 12.6. The Bertz CT molecular complexity index is 788. The van der Waals surface area contributed by atoms with Crippen LogP contribution in [0.1, 0.15) is 33.2 Å². The summed E-state index contributed by atoms with van der Waals surface area (Å²) in [4.78, 5) is 12.6. The summed E-state index contributed by atoms with van der Waals surface area (Å²) in [5.74, 6) is -0.0719. The Labute approximate surface area is 136 Å². The van der Waals surface area contributed by atoms with Crippen LogP contribution in [-0.2, 0) is 7.05 Å². The Morgan fingerprint density at radius 3 is 2.26 bits per heavy atom. The van der Waals surface area contributed by atoms with Gasteiger partial charge in [-0.3, -0.25) is 4.79 Å². The van der Waals surface area contributed by atoms with Crippen molar-refractivity contribution in [2.45, 2.75) is 13.0 Å². The normalized spacial score (nSPS) is 11.9. The van der Waals surface area contributed by atoms with Gasteiger partial charge in [0.25, 0.3) is 5.91 Å². The molecule has 2 aromatic carbocycles. The number of hydrogen-bond acceptors (Lipinski definition) is 1. The average molecular weight is 304 g/mol. The lowest BCUT2D eigenvalue weighted by Gasteiger charge is -2.20. The standard InChI is InChI=1S/C20H20N2O/c1-15-10-12-16(13-11-15)19(18-9-6-14-22(18)2)21-20(23)17-7-4-3-5-8-17/h3-14,19H,1-2H3,(H,21,23). The zero-order valence-electron chi connectivity index (χ0n) is 13.4. The first-order valence-corrected chi connectivity index (χ1v) is 7.69. The summed E-state index contributed by atoms with van der Waals surface area (Å²) in [6.45, 7) is 2.06. The molecule has 1 N–H and O–H groups in total. The first-order chi connectivity index (χ1) is 11.1. The van der Waals surface area contributed by atoms with E-state index >= 15 is 0 Å². The van der Waals surface area contributed by atoms with E-state index in [1.165, 1.54) is 5.56 Å². The summed E-state index contributed by atoms with van der Waals surface area (Å²) in [6, 6.07) is 21.4. The molecule has 1 atom stereocenters. The van der Waals surface area contributed by atoms with Crippen LogP contribution in [0.2, 0.25) is 0 Å². The van der Waals surface area contributed by atoms with Crippen molar-refractivity contribution in [1.82, 2.24) is 9.88 Å². The molecular formula is C20H20N2O. The van der Waals surface area contributed by atoms with Gasteiger partial charge in [-0.2, -0.15) is 0 Å². The lowest BCUT2D eigenvalue weighted by Crippen LogP contribution is -2.30. The largest absolute Gasteiger partial charge is 0.352 e. The Morgan fingerprint density at radius 2 is 1.65 bits per heavy atom. The number of nitrogens with one attached hydrogen (secondary N) is 1. The summed E-state index contributed by atoms with van der Waals surface area (Å²) in [5, 5.41) is 3.15. The van der Waals surface area contributed by atoms with E-state index in [2.05, 4.69) is 36.5 Å². The minimum absolute atomic E-state index is 0.0719. The number of hydrogen-bond donors (Lipinski definition) is 1. The number of benzene rings is 2. The van der Waals surface area contributed by atoms with Crippen molar-refractivity contribution >= 4 is 5.91 Å². The fourth-order valence-electron chi connectivity index (χ4n) is 2.67. The number of rotatable bonds is 4. The van der Waals surface area contributed by atoms with Gasteiger partial charge in [-0.15, -0.1) is 0 Å². The monoisotopic (exact) mass is 304 g/mol. The third kappa shape index (κ3) is 3.34. The molecule has 3 rings (SSSR count). The number of amides is 1. The van der Waals surface area contributed by atoms with Crippen LogP contribution in [-0.4, -0.2) is 10.5 Å². The highest BCUT2D eigenvalue weighted by molar-refractivity contribution is 5.94. The van der Waals surface area contributed by atoms with Crippen LogP contribution in [0.15, 0.2) is 72.9 Å². The SMILES string of the molecule is Cc1ccc(C(NC(=O)c2ccccc2)c2cccn2C)cc1. The van der Waals surface area contributed by atoms with Gasteiger partial charge in [0.15, 0.2) is 0 Å². The molecule has 0 aliphatic heterocycles. The Kier molecular flexibility index (Phi) is 4.29. The van der Waals surface area contributed by atoms with Crippen LogP contribution < -0.4 is 5.32 Å². The average Bonchev–Trinajstić information content (AvgIpc) is 3.00. The molecule has 0 aliphatic rings. The molecule has 23 heavy (non-hydrogen) atoms. The van der Waals surface area contributed by atoms with Gasteiger partial charge in [-0.25, -0.2) is 0 Å². The lowest BCUT2D eigenvalue weighted by atomic mass is 10.0. The summed E-state index contributed by atoms with van der Waals surface area (Å²) >= 11 is 0. The predicted octanol–water partition coefficient (Wildman–Crippen LogP) is 3.85. The first-order valence-electron chi connectivity index (χ1n) is 7.69. The molecule has 0 radical (unpaired) electrons. The summed E-state index contributed by atoms with van der Waals surface area (Å²) in [7, 11) is 1.99. The summed E-state index contributed by atoms with van der Waals surface area (Å²) in [6.07, 6.45) is 1.99. The molecule has 0 spiro atoms. The first kappa shape index (κ1) is 15.1. The van der Waals surface area contributed by atoms with Crippen LogP contribution in [0, 0.1) is 6.92 Å². The highest BCUT2D eigenvalue weighted by atomic mass is 16.1. The molecule has 0 saturated carbocycles. The van der Waals surface area contributed by atoms with Crippen molar-refractivity contribution in [2.75, 3.05) is 0 Å². The third-order valence-corrected chi connectivity index (χ3v) is 4.00. The van der Waals surface area contributed by atoms with Gasteiger partial charge >= 0.3 is 0 Å². The van der Waals surface area contributed by atoms with E-state index in [-0.39, 0.29) is 11.9 Å². The number of carbonyl (C=O) groups excluding carboxylic acids is 1. The maximum Gasteiger partial charge on any atom is 0.252 e. The van der Waals surface area contributed by atoms with E-state index in [0.717, 1.165) is 11.3 Å². The third-order valence-electron chi connectivity index (χ3n) is 4.00. The fraction of sp³-hybridized carbons (Fsp3) is 0.150. The second-order valence-electron chi connectivity index (χ2n) is 5.73. The Hall–Kier alpha value is -2.81. The van der Waals surface area contributed by atoms with Crippen LogP contribution in [0.5, 0.6) is 0 Å². The van der Waals surface area contributed by atoms with Crippen LogP contribution in [0.25, 0.3) is 0 Å². The topological polar surface area (TPSA) is 34.0 Å². The molecule has 0 aliphatic carbocycles. The van der Waals surface area contributed by atoms with Crippen molar-refractivity contribution in [1.29, 1.82) is 0 Å². The number of aromatic nitrogens is 1. The van der Waals surface area contributed by atoms with E-state index in [9.17, 15) is 4.79 Å². The van der Waals surface area contributed by atoms with E-state index in [0.29, 0.717) is 5.56 Å². The van der Waals surface area contributed by atoms with E-state index in [4.69, 9.17) is 0 Å². The number of carbonyl (C=O) groups is 1. The molecule has 3 nitrogen and oxygen atoms in total. The van der Waals surface area contributed by atoms with Crippen LogP contribution in [0.4, 0.5) is 0 Å². The Morgan fingerprint density at radius 1 is 0.957 bits per heavy atom. The molecule has 3 heteroatoms. The smallest absolute Gasteiger partial charge is 0.252 e. The lowest BCUT2D eigenvalue weighted by molar-refractivity contribution is 0.0942. The fourth-order valence-corrected chi connectivity index (χ4v) is 2.67. The summed E-state index contributed by atoms with van der Waals surface area (Å²) in [5.41, 5.74) is 3.99. The molecule has 1 amide bonds. The quantitative estimate of drug-likeness (QED) is 0.780. The highest BCUT2D eigenvalue weighted by Gasteiger charge is 2.19. The van der Waals surface area contributed by atoms with Gasteiger partial charge in [-0.1, -0.05) is 48.0 Å². The number of nitrogens with zero attached hydrogens (tertiary/aromatic N) is 1. The van der Waals surface area contributed by atoms with Crippen LogP contribution in [0.3, 0.4) is 0 Å². The van der Waals surface area contributed by atoms with E-state index in [1.54, 1.807) is 0 Å². The second-order valence-corrected chi connectivity index (χ2v) is 5.73. The molecule has 3 aromatic rings. The predicted molar refractivity (Wildman–Crippen MR) is 92.3 cm³/mol. The maximum absolute atomic E-state index is 12.6. The molecule has 1 unspecified atom stereocenters. The minimum atomic E-state index is -0.177. The molecule has 116 valence electrons. The van der Waals surface area contributed by atoms with Gasteiger partial charge < -0.3 is 9.88 Å². The molecule has 0 saturated heterocycles. The van der Waals surface area contributed by atoms with Crippen molar-refractivity contribution in [3.05, 3.63) is 95.3 Å². The van der Waals surface area contributed by atoms with Crippen molar-refractivity contribution in [3.63, 3.8) is 0 Å². The van der Waals surface area contributed by atoms with Crippen LogP contribution >= 0.6 is 0 Å². The minimum Gasteiger partial charge on any atom is -0.352 e. The Balaban J connectivity index is 1.94. The van der Waals surface area contributed by atoms with Crippen molar-refractivity contribution < 1.29 is 4.79 Å². The zero-order chi connectivity index (χ0) is 16.2. The van der Waals surface area contributed by atoms with E-state index in [1.807, 2.05) is 60.3 Å².